The Bertz CT molecular complexity index is 540. The monoisotopic (exact) mass is 408 g/mol. The van der Waals surface area contributed by atoms with E-state index in [1.807, 2.05) is 0 Å². The second-order valence-corrected chi connectivity index (χ2v) is 16.6. The van der Waals surface area contributed by atoms with Gasteiger partial charge in [0.25, 0.3) is 0 Å². The molecule has 0 radical (unpaired) electrons. The van der Waals surface area contributed by atoms with Gasteiger partial charge in [0.15, 0.2) is 14.1 Å². The standard InChI is InChI=1S/C18H37O6PSi/c1-13-9-16-14(15(13)11-23-26(7,8)17(2,3)4)10-18(19,24-16)12-25(20,21-5)22-6/h13-16,19H,9-12H2,1-8H3/t13-,14-,15+,16+,18?/m1/s1. The molecule has 1 heterocycles. The number of rotatable bonds is 7. The van der Waals surface area contributed by atoms with E-state index in [0.717, 1.165) is 6.42 Å². The summed E-state index contributed by atoms with van der Waals surface area (Å²) in [5.74, 6) is -0.419. The van der Waals surface area contributed by atoms with Gasteiger partial charge in [-0.15, -0.1) is 0 Å². The lowest BCUT2D eigenvalue weighted by Gasteiger charge is -2.38. The minimum Gasteiger partial charge on any atom is -0.417 e. The molecule has 2 aliphatic rings. The maximum absolute atomic E-state index is 12.4. The molecule has 26 heavy (non-hydrogen) atoms. The van der Waals surface area contributed by atoms with E-state index in [1.54, 1.807) is 0 Å². The Balaban J connectivity index is 2.05. The van der Waals surface area contributed by atoms with Gasteiger partial charge in [-0.2, -0.15) is 0 Å². The number of hydrogen-bond acceptors (Lipinski definition) is 6. The lowest BCUT2D eigenvalue weighted by Crippen LogP contribution is -2.43. The largest absolute Gasteiger partial charge is 0.417 e. The highest BCUT2D eigenvalue weighted by Crippen LogP contribution is 2.56. The molecule has 0 amide bonds. The molecular formula is C18H37O6PSi. The molecule has 0 aromatic carbocycles. The highest BCUT2D eigenvalue weighted by Gasteiger charge is 2.56. The Labute approximate surface area is 159 Å². The highest BCUT2D eigenvalue weighted by atomic mass is 31.2. The minimum atomic E-state index is -3.33. The van der Waals surface area contributed by atoms with Crippen LogP contribution in [0.15, 0.2) is 0 Å². The summed E-state index contributed by atoms with van der Waals surface area (Å²) in [7, 11) is -2.48. The molecule has 1 saturated heterocycles. The average molecular weight is 409 g/mol. The molecule has 2 rings (SSSR count). The third-order valence-corrected chi connectivity index (χ3v) is 13.2. The minimum absolute atomic E-state index is 0.0230. The second kappa shape index (κ2) is 7.58. The third kappa shape index (κ3) is 4.62. The Morgan fingerprint density at radius 2 is 1.85 bits per heavy atom. The molecule has 0 aromatic heterocycles. The number of ether oxygens (including phenoxy) is 1. The first-order valence-corrected chi connectivity index (χ1v) is 14.1. The van der Waals surface area contributed by atoms with E-state index in [-0.39, 0.29) is 23.2 Å². The van der Waals surface area contributed by atoms with Crippen LogP contribution in [0.1, 0.15) is 40.5 Å². The van der Waals surface area contributed by atoms with Crippen molar-refractivity contribution >= 4 is 15.9 Å². The van der Waals surface area contributed by atoms with Gasteiger partial charge in [0, 0.05) is 27.2 Å². The molecular weight excluding hydrogens is 371 g/mol. The van der Waals surface area contributed by atoms with Crippen LogP contribution < -0.4 is 0 Å². The van der Waals surface area contributed by atoms with Gasteiger partial charge in [0.2, 0.25) is 0 Å². The fourth-order valence-electron chi connectivity index (χ4n) is 3.95. The molecule has 0 bridgehead atoms. The van der Waals surface area contributed by atoms with Gasteiger partial charge in [-0.3, -0.25) is 4.57 Å². The van der Waals surface area contributed by atoms with Gasteiger partial charge in [0.05, 0.1) is 6.10 Å². The van der Waals surface area contributed by atoms with Crippen molar-refractivity contribution in [3.63, 3.8) is 0 Å². The zero-order valence-electron chi connectivity index (χ0n) is 17.6. The quantitative estimate of drug-likeness (QED) is 0.502. The van der Waals surface area contributed by atoms with Crippen molar-refractivity contribution in [2.45, 2.75) is 70.6 Å². The van der Waals surface area contributed by atoms with Crippen LogP contribution in [0.3, 0.4) is 0 Å². The normalized spacial score (nSPS) is 35.7. The summed E-state index contributed by atoms with van der Waals surface area (Å²) in [5, 5.41) is 11.0. The van der Waals surface area contributed by atoms with Crippen LogP contribution in [-0.4, -0.2) is 52.3 Å². The lowest BCUT2D eigenvalue weighted by molar-refractivity contribution is -0.178. The topological polar surface area (TPSA) is 74.2 Å². The van der Waals surface area contributed by atoms with E-state index in [9.17, 15) is 9.67 Å². The Hall–Kier alpha value is 0.247. The van der Waals surface area contributed by atoms with Gasteiger partial charge in [0.1, 0.15) is 6.16 Å². The van der Waals surface area contributed by atoms with E-state index in [2.05, 4.69) is 40.8 Å². The molecule has 8 heteroatoms. The van der Waals surface area contributed by atoms with Crippen molar-refractivity contribution < 1.29 is 27.9 Å². The van der Waals surface area contributed by atoms with Crippen molar-refractivity contribution in [1.29, 1.82) is 0 Å². The van der Waals surface area contributed by atoms with Crippen LogP contribution in [0.4, 0.5) is 0 Å². The molecule has 1 unspecified atom stereocenters. The fraction of sp³-hybridized carbons (Fsp3) is 1.00. The molecule has 0 spiro atoms. The fourth-order valence-corrected chi connectivity index (χ4v) is 6.21. The summed E-state index contributed by atoms with van der Waals surface area (Å²) >= 11 is 0. The van der Waals surface area contributed by atoms with Crippen molar-refractivity contribution in [3.8, 4) is 0 Å². The molecule has 1 aliphatic heterocycles. The number of fused-ring (bicyclic) bond motifs is 1. The van der Waals surface area contributed by atoms with E-state index in [1.165, 1.54) is 14.2 Å². The van der Waals surface area contributed by atoms with Gasteiger partial charge in [-0.25, -0.2) is 0 Å². The third-order valence-electron chi connectivity index (χ3n) is 6.73. The Morgan fingerprint density at radius 1 is 1.27 bits per heavy atom. The zero-order valence-corrected chi connectivity index (χ0v) is 19.5. The van der Waals surface area contributed by atoms with Crippen LogP contribution in [-0.2, 0) is 22.8 Å². The summed E-state index contributed by atoms with van der Waals surface area (Å²) in [6.07, 6.45) is 1.18. The summed E-state index contributed by atoms with van der Waals surface area (Å²) in [6.45, 7) is 14.2. The SMILES string of the molecule is COP(=O)(CC1(O)C[C@@H]2[C@@H](CO[Si](C)(C)C(C)(C)C)[C@H](C)C[C@@H]2O1)OC. The predicted octanol–water partition coefficient (Wildman–Crippen LogP) is 4.24. The van der Waals surface area contributed by atoms with Crippen molar-refractivity contribution in [2.75, 3.05) is 27.0 Å². The lowest BCUT2D eigenvalue weighted by atomic mass is 9.87. The predicted molar refractivity (Wildman–Crippen MR) is 105 cm³/mol. The average Bonchev–Trinajstić information content (AvgIpc) is 2.95. The zero-order chi connectivity index (χ0) is 20.0. The number of aliphatic hydroxyl groups is 1. The van der Waals surface area contributed by atoms with Crippen molar-refractivity contribution in [2.24, 2.45) is 17.8 Å². The molecule has 1 N–H and O–H groups in total. The van der Waals surface area contributed by atoms with Crippen LogP contribution in [0.25, 0.3) is 0 Å². The Morgan fingerprint density at radius 3 is 2.35 bits per heavy atom. The van der Waals surface area contributed by atoms with Gasteiger partial charge in [-0.05, 0) is 42.3 Å². The molecule has 2 fully saturated rings. The number of hydrogen-bond donors (Lipinski definition) is 1. The molecule has 5 atom stereocenters. The smallest absolute Gasteiger partial charge is 0.335 e. The van der Waals surface area contributed by atoms with Crippen LogP contribution in [0.5, 0.6) is 0 Å². The van der Waals surface area contributed by atoms with Crippen LogP contribution in [0.2, 0.25) is 18.1 Å². The van der Waals surface area contributed by atoms with E-state index in [0.29, 0.717) is 24.9 Å². The summed E-state index contributed by atoms with van der Waals surface area (Å²) < 4.78 is 34.8. The molecule has 154 valence electrons. The van der Waals surface area contributed by atoms with Gasteiger partial charge < -0.3 is 23.3 Å². The maximum atomic E-state index is 12.4. The first-order chi connectivity index (χ1) is 11.8. The van der Waals surface area contributed by atoms with Crippen LogP contribution >= 0.6 is 7.60 Å². The maximum Gasteiger partial charge on any atom is 0.335 e. The van der Waals surface area contributed by atoms with E-state index < -0.39 is 21.7 Å². The molecule has 6 nitrogen and oxygen atoms in total. The molecule has 1 saturated carbocycles. The molecule has 0 aromatic rings. The van der Waals surface area contributed by atoms with Gasteiger partial charge in [-0.1, -0.05) is 27.7 Å². The summed E-state index contributed by atoms with van der Waals surface area (Å²) in [5.41, 5.74) is 0. The summed E-state index contributed by atoms with van der Waals surface area (Å²) in [6, 6.07) is 0. The van der Waals surface area contributed by atoms with Crippen molar-refractivity contribution in [3.05, 3.63) is 0 Å². The molecule has 1 aliphatic carbocycles. The highest BCUT2D eigenvalue weighted by molar-refractivity contribution is 7.53. The first-order valence-electron chi connectivity index (χ1n) is 9.50. The van der Waals surface area contributed by atoms with Gasteiger partial charge >= 0.3 is 7.60 Å². The van der Waals surface area contributed by atoms with E-state index >= 15 is 0 Å². The Kier molecular flexibility index (Phi) is 6.57. The van der Waals surface area contributed by atoms with E-state index in [4.69, 9.17) is 18.2 Å². The van der Waals surface area contributed by atoms with Crippen molar-refractivity contribution in [1.82, 2.24) is 0 Å². The van der Waals surface area contributed by atoms with Crippen LogP contribution in [0, 0.1) is 17.8 Å². The summed E-state index contributed by atoms with van der Waals surface area (Å²) in [4.78, 5) is 0. The second-order valence-electron chi connectivity index (χ2n) is 9.55. The first kappa shape index (κ1) is 22.5.